The highest BCUT2D eigenvalue weighted by Crippen LogP contribution is 2.83. The maximum Gasteiger partial charge on any atom is -0.00764 e. The zero-order chi connectivity index (χ0) is 20.2. The zero-order valence-electron chi connectivity index (χ0n) is 19.2. The van der Waals surface area contributed by atoms with E-state index in [4.69, 9.17) is 0 Å². The molecule has 0 N–H and O–H groups in total. The molecule has 8 saturated carbocycles. The summed E-state index contributed by atoms with van der Waals surface area (Å²) in [4.78, 5) is 0. The van der Waals surface area contributed by atoms with Crippen molar-refractivity contribution in [2.24, 2.45) is 47.3 Å². The van der Waals surface area contributed by atoms with Crippen LogP contribution in [0.3, 0.4) is 0 Å². The molecule has 0 aromatic carbocycles. The van der Waals surface area contributed by atoms with Crippen LogP contribution in [-0.2, 0) is 0 Å². The zero-order valence-corrected chi connectivity index (χ0v) is 20.1. The molecular formula is C28H43P. The maximum atomic E-state index is 4.29. The Labute approximate surface area is 181 Å². The minimum absolute atomic E-state index is 0.0334. The lowest BCUT2D eigenvalue weighted by Gasteiger charge is -2.71. The first kappa shape index (κ1) is 19.6. The molecule has 8 aliphatic carbocycles. The molecule has 0 radical (unpaired) electrons. The van der Waals surface area contributed by atoms with Gasteiger partial charge in [-0.05, 0) is 127 Å². The second-order valence-corrected chi connectivity index (χ2v) is 17.4. The monoisotopic (exact) mass is 410 g/mol. The van der Waals surface area contributed by atoms with Crippen LogP contribution in [0.1, 0.15) is 85.0 Å². The predicted octanol–water partition coefficient (Wildman–Crippen LogP) is 8.03. The fourth-order valence-electron chi connectivity index (χ4n) is 11.3. The smallest absolute Gasteiger partial charge is 0.00764 e. The van der Waals surface area contributed by atoms with Crippen molar-refractivity contribution in [2.75, 3.05) is 0 Å². The van der Waals surface area contributed by atoms with E-state index < -0.39 is 0 Å². The molecule has 0 aliphatic heterocycles. The molecule has 29 heavy (non-hydrogen) atoms. The summed E-state index contributed by atoms with van der Waals surface area (Å²) in [6.45, 7) is 16.6. The lowest BCUT2D eigenvalue weighted by molar-refractivity contribution is -0.0180. The lowest BCUT2D eigenvalue weighted by Crippen LogP contribution is -2.61. The van der Waals surface area contributed by atoms with Crippen molar-refractivity contribution in [2.45, 2.75) is 100 Å². The second kappa shape index (κ2) is 6.24. The highest BCUT2D eigenvalue weighted by Gasteiger charge is 2.66. The molecule has 4 atom stereocenters. The molecule has 0 nitrogen and oxygen atoms in total. The third-order valence-corrected chi connectivity index (χ3v) is 15.1. The molecule has 0 aromatic rings. The van der Waals surface area contributed by atoms with Gasteiger partial charge in [0.15, 0.2) is 0 Å². The molecule has 8 bridgehead atoms. The Bertz CT molecular complexity index is 626. The van der Waals surface area contributed by atoms with Crippen LogP contribution in [0, 0.1) is 47.3 Å². The fraction of sp³-hybridized carbons (Fsp3) is 0.857. The van der Waals surface area contributed by atoms with Crippen molar-refractivity contribution in [1.82, 2.24) is 0 Å². The first-order valence-corrected chi connectivity index (χ1v) is 14.2. The summed E-state index contributed by atoms with van der Waals surface area (Å²) < 4.78 is 0. The van der Waals surface area contributed by atoms with Crippen molar-refractivity contribution in [3.8, 4) is 0 Å². The molecule has 0 heterocycles. The van der Waals surface area contributed by atoms with E-state index in [0.717, 1.165) is 47.3 Å². The van der Waals surface area contributed by atoms with Crippen LogP contribution in [0.5, 0.6) is 0 Å². The average molecular weight is 411 g/mol. The summed E-state index contributed by atoms with van der Waals surface area (Å²) in [6.07, 6.45) is 20.3. The Morgan fingerprint density at radius 3 is 1.28 bits per heavy atom. The van der Waals surface area contributed by atoms with Crippen molar-refractivity contribution in [3.63, 3.8) is 0 Å². The van der Waals surface area contributed by atoms with Crippen LogP contribution < -0.4 is 0 Å². The number of rotatable bonds is 4. The highest BCUT2D eigenvalue weighted by molar-refractivity contribution is 7.62. The van der Waals surface area contributed by atoms with E-state index in [2.05, 4.69) is 46.1 Å². The number of hydrogen-bond donors (Lipinski definition) is 0. The molecule has 0 spiro atoms. The standard InChI is InChI=1S/C28H43P/c1-6-24-20-8-18-9-21(24)15-27(12-18,14-20)29(26(3,4)5)28-13-19-10-22(16-28)25(7-2)23(11-19)17-28/h6-7,18-25H,1-2,8-17H2,3-5H3. The summed E-state index contributed by atoms with van der Waals surface area (Å²) in [5.74, 6) is 7.68. The fourth-order valence-corrected chi connectivity index (χ4v) is 17.7. The highest BCUT2D eigenvalue weighted by atomic mass is 31.1. The molecule has 8 rings (SSSR count). The SMILES string of the molecule is C=CC1C2CC3CC1CC(P(C(C)(C)C)C14CC5CC(C1)C(C=C)C(C5)C4)(C3)C2. The first-order valence-electron chi connectivity index (χ1n) is 12.8. The molecule has 0 saturated heterocycles. The van der Waals surface area contributed by atoms with Gasteiger partial charge in [0.1, 0.15) is 0 Å². The Morgan fingerprint density at radius 2 is 1.00 bits per heavy atom. The summed E-state index contributed by atoms with van der Waals surface area (Å²) in [5.41, 5.74) is 0. The van der Waals surface area contributed by atoms with Gasteiger partial charge >= 0.3 is 0 Å². The summed E-state index contributed by atoms with van der Waals surface area (Å²) in [6, 6.07) is 0. The van der Waals surface area contributed by atoms with Gasteiger partial charge in [0.05, 0.1) is 0 Å². The normalized spacial score (nSPS) is 55.8. The minimum Gasteiger partial charge on any atom is -0.103 e. The molecule has 1 heteroatoms. The molecular weight excluding hydrogens is 367 g/mol. The lowest BCUT2D eigenvalue weighted by atomic mass is 9.51. The Morgan fingerprint density at radius 1 is 0.655 bits per heavy atom. The van der Waals surface area contributed by atoms with E-state index in [-0.39, 0.29) is 7.92 Å². The molecule has 4 unspecified atom stereocenters. The van der Waals surface area contributed by atoms with Crippen molar-refractivity contribution >= 4 is 7.92 Å². The molecule has 8 aliphatic rings. The quantitative estimate of drug-likeness (QED) is 0.325. The van der Waals surface area contributed by atoms with Crippen molar-refractivity contribution in [1.29, 1.82) is 0 Å². The predicted molar refractivity (Wildman–Crippen MR) is 127 cm³/mol. The second-order valence-electron chi connectivity index (χ2n) is 13.5. The van der Waals surface area contributed by atoms with Gasteiger partial charge in [-0.25, -0.2) is 0 Å². The van der Waals surface area contributed by atoms with Gasteiger partial charge in [-0.2, -0.15) is 0 Å². The third kappa shape index (κ3) is 2.66. The van der Waals surface area contributed by atoms with Crippen LogP contribution in [0.4, 0.5) is 0 Å². The first-order chi connectivity index (χ1) is 13.8. The number of allylic oxidation sites excluding steroid dienone is 2. The average Bonchev–Trinajstić information content (AvgIpc) is 2.58. The summed E-state index contributed by atoms with van der Waals surface area (Å²) >= 11 is 0. The van der Waals surface area contributed by atoms with Crippen molar-refractivity contribution in [3.05, 3.63) is 25.3 Å². The maximum absolute atomic E-state index is 4.29. The van der Waals surface area contributed by atoms with Crippen LogP contribution in [0.25, 0.3) is 0 Å². The topological polar surface area (TPSA) is 0 Å². The van der Waals surface area contributed by atoms with Crippen LogP contribution >= 0.6 is 7.92 Å². The summed E-state index contributed by atoms with van der Waals surface area (Å²) in [5, 5.41) is 1.91. The van der Waals surface area contributed by atoms with E-state index in [9.17, 15) is 0 Å². The molecule has 0 aromatic heterocycles. The van der Waals surface area contributed by atoms with Gasteiger partial charge in [-0.15, -0.1) is 13.2 Å². The van der Waals surface area contributed by atoms with Crippen LogP contribution in [0.15, 0.2) is 25.3 Å². The van der Waals surface area contributed by atoms with Gasteiger partial charge in [0, 0.05) is 0 Å². The van der Waals surface area contributed by atoms with Gasteiger partial charge in [-0.1, -0.05) is 40.8 Å². The van der Waals surface area contributed by atoms with Crippen LogP contribution in [0.2, 0.25) is 0 Å². The van der Waals surface area contributed by atoms with E-state index in [0.29, 0.717) is 15.5 Å². The third-order valence-electron chi connectivity index (χ3n) is 10.8. The molecule has 160 valence electrons. The van der Waals surface area contributed by atoms with E-state index >= 15 is 0 Å². The van der Waals surface area contributed by atoms with Gasteiger partial charge < -0.3 is 0 Å². The van der Waals surface area contributed by atoms with E-state index in [1.165, 1.54) is 25.7 Å². The summed E-state index contributed by atoms with van der Waals surface area (Å²) in [7, 11) is 0.0334. The van der Waals surface area contributed by atoms with Gasteiger partial charge in [0.25, 0.3) is 0 Å². The van der Waals surface area contributed by atoms with Crippen molar-refractivity contribution < 1.29 is 0 Å². The van der Waals surface area contributed by atoms with Gasteiger partial charge in [-0.3, -0.25) is 0 Å². The Balaban J connectivity index is 1.42. The van der Waals surface area contributed by atoms with Gasteiger partial charge in [0.2, 0.25) is 0 Å². The Hall–Kier alpha value is -0.0900. The Kier molecular flexibility index (Phi) is 4.21. The largest absolute Gasteiger partial charge is 0.103 e. The molecule has 0 amide bonds. The van der Waals surface area contributed by atoms with E-state index in [1.807, 2.05) is 0 Å². The minimum atomic E-state index is 0.0334. The van der Waals surface area contributed by atoms with Crippen LogP contribution in [-0.4, -0.2) is 15.5 Å². The van der Waals surface area contributed by atoms with E-state index in [1.54, 1.807) is 38.5 Å². The molecule has 8 fully saturated rings. The number of hydrogen-bond acceptors (Lipinski definition) is 0.